The average Bonchev–Trinajstić information content (AvgIpc) is 2.87. The van der Waals surface area contributed by atoms with Gasteiger partial charge in [-0.05, 0) is 43.6 Å². The lowest BCUT2D eigenvalue weighted by atomic mass is 9.98. The van der Waals surface area contributed by atoms with Crippen molar-refractivity contribution < 1.29 is 0 Å². The van der Waals surface area contributed by atoms with Crippen LogP contribution < -0.4 is 0 Å². The molecule has 1 aliphatic heterocycles. The van der Waals surface area contributed by atoms with Crippen molar-refractivity contribution in [1.29, 1.82) is 0 Å². The van der Waals surface area contributed by atoms with Gasteiger partial charge < -0.3 is 0 Å². The van der Waals surface area contributed by atoms with Crippen molar-refractivity contribution in [2.45, 2.75) is 39.0 Å². The summed E-state index contributed by atoms with van der Waals surface area (Å²) in [6.45, 7) is 2.24. The zero-order chi connectivity index (χ0) is 7.68. The minimum atomic E-state index is 0.762. The Kier molecular flexibility index (Phi) is 1.80. The summed E-state index contributed by atoms with van der Waals surface area (Å²) in [6, 6.07) is 0. The van der Waals surface area contributed by atoms with Gasteiger partial charge in [-0.15, -0.1) is 0 Å². The standard InChI is InChI=1S/C10H15N/c1-2-8-3-6-10(11-7-8)9-4-5-9/h7-8H,2-6H2,1H3. The van der Waals surface area contributed by atoms with Crippen LogP contribution in [0.25, 0.3) is 0 Å². The van der Waals surface area contributed by atoms with E-state index in [9.17, 15) is 0 Å². The molecular formula is C10H15N. The van der Waals surface area contributed by atoms with E-state index < -0.39 is 0 Å². The largest absolute Gasteiger partial charge is 0.265 e. The predicted octanol–water partition coefficient (Wildman–Crippen LogP) is 2.93. The third kappa shape index (κ3) is 1.52. The summed E-state index contributed by atoms with van der Waals surface area (Å²) in [7, 11) is 0. The van der Waals surface area contributed by atoms with Crippen LogP contribution in [0.15, 0.2) is 16.3 Å². The maximum atomic E-state index is 4.50. The van der Waals surface area contributed by atoms with Crippen molar-refractivity contribution in [2.75, 3.05) is 0 Å². The molecule has 1 nitrogen and oxygen atoms in total. The summed E-state index contributed by atoms with van der Waals surface area (Å²) in [5.41, 5.74) is 3.03. The van der Waals surface area contributed by atoms with Crippen LogP contribution in [0.5, 0.6) is 0 Å². The van der Waals surface area contributed by atoms with E-state index in [4.69, 9.17) is 0 Å². The molecule has 0 N–H and O–H groups in total. The summed E-state index contributed by atoms with van der Waals surface area (Å²) >= 11 is 0. The SMILES string of the molecule is CCC1C=NC(=C2CC2)CC1. The predicted molar refractivity (Wildman–Crippen MR) is 47.8 cm³/mol. The molecule has 0 amide bonds. The zero-order valence-electron chi connectivity index (χ0n) is 7.14. The summed E-state index contributed by atoms with van der Waals surface area (Å²) in [5, 5.41) is 0. The van der Waals surface area contributed by atoms with E-state index in [1.807, 2.05) is 0 Å². The summed E-state index contributed by atoms with van der Waals surface area (Å²) in [4.78, 5) is 4.50. The Morgan fingerprint density at radius 2 is 2.27 bits per heavy atom. The number of aliphatic imine (C=N–C) groups is 1. The molecule has 1 unspecified atom stereocenters. The van der Waals surface area contributed by atoms with Crippen molar-refractivity contribution in [3.8, 4) is 0 Å². The van der Waals surface area contributed by atoms with E-state index >= 15 is 0 Å². The molecule has 1 aliphatic carbocycles. The van der Waals surface area contributed by atoms with Gasteiger partial charge in [-0.25, -0.2) is 0 Å². The van der Waals surface area contributed by atoms with Crippen LogP contribution in [0.3, 0.4) is 0 Å². The maximum Gasteiger partial charge on any atom is 0.0392 e. The van der Waals surface area contributed by atoms with E-state index in [1.54, 1.807) is 5.57 Å². The van der Waals surface area contributed by atoms with Crippen LogP contribution in [0.2, 0.25) is 0 Å². The quantitative estimate of drug-likeness (QED) is 0.543. The first-order valence-corrected chi connectivity index (χ1v) is 4.65. The van der Waals surface area contributed by atoms with Crippen LogP contribution in [0.1, 0.15) is 39.0 Å². The van der Waals surface area contributed by atoms with E-state index in [1.165, 1.54) is 37.8 Å². The van der Waals surface area contributed by atoms with Gasteiger partial charge in [0.1, 0.15) is 0 Å². The lowest BCUT2D eigenvalue weighted by Crippen LogP contribution is -2.05. The highest BCUT2D eigenvalue weighted by Crippen LogP contribution is 2.36. The monoisotopic (exact) mass is 149 g/mol. The molecule has 0 radical (unpaired) electrons. The normalized spacial score (nSPS) is 29.4. The van der Waals surface area contributed by atoms with Crippen molar-refractivity contribution >= 4 is 6.21 Å². The second-order valence-electron chi connectivity index (χ2n) is 3.54. The first-order valence-electron chi connectivity index (χ1n) is 4.65. The van der Waals surface area contributed by atoms with Crippen molar-refractivity contribution in [2.24, 2.45) is 10.9 Å². The Morgan fingerprint density at radius 1 is 1.45 bits per heavy atom. The third-order valence-corrected chi connectivity index (χ3v) is 2.63. The van der Waals surface area contributed by atoms with Gasteiger partial charge in [0, 0.05) is 11.9 Å². The van der Waals surface area contributed by atoms with Crippen molar-refractivity contribution in [1.82, 2.24) is 0 Å². The molecule has 0 aromatic heterocycles. The van der Waals surface area contributed by atoms with Gasteiger partial charge in [-0.1, -0.05) is 6.92 Å². The lowest BCUT2D eigenvalue weighted by Gasteiger charge is -2.14. The number of hydrogen-bond donors (Lipinski definition) is 0. The van der Waals surface area contributed by atoms with Crippen LogP contribution in [-0.4, -0.2) is 6.21 Å². The van der Waals surface area contributed by atoms with Crippen molar-refractivity contribution in [3.05, 3.63) is 11.3 Å². The van der Waals surface area contributed by atoms with E-state index in [2.05, 4.69) is 18.1 Å². The molecule has 0 saturated heterocycles. The molecule has 0 spiro atoms. The van der Waals surface area contributed by atoms with Crippen molar-refractivity contribution in [3.63, 3.8) is 0 Å². The van der Waals surface area contributed by atoms with Crippen LogP contribution in [0.4, 0.5) is 0 Å². The fourth-order valence-corrected chi connectivity index (χ4v) is 1.59. The highest BCUT2D eigenvalue weighted by molar-refractivity contribution is 5.64. The summed E-state index contributed by atoms with van der Waals surface area (Å²) in [6.07, 6.45) is 8.63. The Hall–Kier alpha value is -0.590. The number of hydrogen-bond acceptors (Lipinski definition) is 1. The molecule has 0 bridgehead atoms. The fourth-order valence-electron chi connectivity index (χ4n) is 1.59. The van der Waals surface area contributed by atoms with Gasteiger partial charge in [0.05, 0.1) is 0 Å². The van der Waals surface area contributed by atoms with E-state index in [0.29, 0.717) is 0 Å². The average molecular weight is 149 g/mol. The Labute approximate surface area is 68.2 Å². The second kappa shape index (κ2) is 2.80. The first-order chi connectivity index (χ1) is 5.40. The molecule has 2 aliphatic rings. The minimum absolute atomic E-state index is 0.762. The molecular weight excluding hydrogens is 134 g/mol. The van der Waals surface area contributed by atoms with Gasteiger partial charge in [0.15, 0.2) is 0 Å². The molecule has 0 aromatic carbocycles. The molecule has 11 heavy (non-hydrogen) atoms. The molecule has 1 fully saturated rings. The molecule has 1 saturated carbocycles. The molecule has 1 heterocycles. The molecule has 1 atom stereocenters. The Bertz CT molecular complexity index is 207. The fraction of sp³-hybridized carbons (Fsp3) is 0.700. The lowest BCUT2D eigenvalue weighted by molar-refractivity contribution is 0.593. The minimum Gasteiger partial charge on any atom is -0.265 e. The number of allylic oxidation sites excluding steroid dienone is 2. The van der Waals surface area contributed by atoms with Crippen LogP contribution >= 0.6 is 0 Å². The van der Waals surface area contributed by atoms with Gasteiger partial charge in [0.25, 0.3) is 0 Å². The third-order valence-electron chi connectivity index (χ3n) is 2.63. The van der Waals surface area contributed by atoms with E-state index in [-0.39, 0.29) is 0 Å². The van der Waals surface area contributed by atoms with Crippen LogP contribution in [-0.2, 0) is 0 Å². The Morgan fingerprint density at radius 3 is 2.73 bits per heavy atom. The molecule has 60 valence electrons. The molecule has 1 heteroatoms. The first kappa shape index (κ1) is 7.08. The smallest absolute Gasteiger partial charge is 0.0392 e. The Balaban J connectivity index is 2.05. The van der Waals surface area contributed by atoms with Gasteiger partial charge in [-0.2, -0.15) is 0 Å². The summed E-state index contributed by atoms with van der Waals surface area (Å²) in [5.74, 6) is 0.762. The van der Waals surface area contributed by atoms with E-state index in [0.717, 1.165) is 5.92 Å². The second-order valence-corrected chi connectivity index (χ2v) is 3.54. The molecule has 0 aromatic rings. The highest BCUT2D eigenvalue weighted by Gasteiger charge is 2.20. The van der Waals surface area contributed by atoms with Gasteiger partial charge >= 0.3 is 0 Å². The maximum absolute atomic E-state index is 4.50. The summed E-state index contributed by atoms with van der Waals surface area (Å²) < 4.78 is 0. The van der Waals surface area contributed by atoms with Gasteiger partial charge in [-0.3, -0.25) is 4.99 Å². The zero-order valence-corrected chi connectivity index (χ0v) is 7.14. The number of nitrogens with zero attached hydrogens (tertiary/aromatic N) is 1. The topological polar surface area (TPSA) is 12.4 Å². The van der Waals surface area contributed by atoms with Gasteiger partial charge in [0.2, 0.25) is 0 Å². The van der Waals surface area contributed by atoms with Crippen LogP contribution in [0, 0.1) is 5.92 Å². The highest BCUT2D eigenvalue weighted by atomic mass is 14.8. The number of rotatable bonds is 1. The molecule has 2 rings (SSSR count).